The number of benzene rings is 2. The fourth-order valence-electron chi connectivity index (χ4n) is 2.30. The van der Waals surface area contributed by atoms with Crippen LogP contribution in [-0.4, -0.2) is 21.8 Å². The van der Waals surface area contributed by atoms with Gasteiger partial charge in [-0.15, -0.1) is 18.3 Å². The van der Waals surface area contributed by atoms with Crippen molar-refractivity contribution in [3.05, 3.63) is 58.5 Å². The van der Waals surface area contributed by atoms with Gasteiger partial charge in [0.05, 0.1) is 5.02 Å². The van der Waals surface area contributed by atoms with E-state index in [2.05, 4.69) is 20.1 Å². The lowest BCUT2D eigenvalue weighted by molar-refractivity contribution is -0.274. The minimum atomic E-state index is -4.86. The van der Waals surface area contributed by atoms with Gasteiger partial charge in [-0.3, -0.25) is 0 Å². The minimum absolute atomic E-state index is 0.0589. The van der Waals surface area contributed by atoms with Crippen LogP contribution in [0.4, 0.5) is 17.6 Å². The molecule has 1 N–H and O–H groups in total. The van der Waals surface area contributed by atoms with Crippen molar-refractivity contribution < 1.29 is 27.0 Å². The van der Waals surface area contributed by atoms with Crippen LogP contribution in [0.2, 0.25) is 5.02 Å². The molecule has 0 radical (unpaired) electrons. The highest BCUT2D eigenvalue weighted by atomic mass is 35.5. The van der Waals surface area contributed by atoms with Crippen LogP contribution >= 0.6 is 11.6 Å². The van der Waals surface area contributed by atoms with Crippen molar-refractivity contribution in [2.24, 2.45) is 0 Å². The molecule has 0 spiro atoms. The largest absolute Gasteiger partial charge is 0.573 e. The smallest absolute Gasteiger partial charge is 0.489 e. The van der Waals surface area contributed by atoms with E-state index in [0.717, 1.165) is 18.2 Å². The Morgan fingerprint density at radius 1 is 1.18 bits per heavy atom. The molecule has 0 unspecified atom stereocenters. The number of nitrogens with zero attached hydrogens (tertiary/aromatic N) is 3. The molecule has 0 amide bonds. The summed E-state index contributed by atoms with van der Waals surface area (Å²) in [4.78, 5) is 0. The van der Waals surface area contributed by atoms with E-state index in [1.165, 1.54) is 18.2 Å². The molecule has 0 bridgehead atoms. The second kappa shape index (κ2) is 7.74. The number of aromatic amines is 1. The van der Waals surface area contributed by atoms with Crippen LogP contribution in [0.25, 0.3) is 11.3 Å². The third-order valence-electron chi connectivity index (χ3n) is 3.43. The first-order valence-electron chi connectivity index (χ1n) is 7.54. The Bertz CT molecular complexity index is 1050. The summed E-state index contributed by atoms with van der Waals surface area (Å²) in [6.45, 7) is -0.0984. The first-order chi connectivity index (χ1) is 13.2. The fourth-order valence-corrected chi connectivity index (χ4v) is 2.54. The Hall–Kier alpha value is -3.32. The molecule has 0 saturated carbocycles. The molecule has 144 valence electrons. The summed E-state index contributed by atoms with van der Waals surface area (Å²) in [5.41, 5.74) is 0.920. The number of aromatic nitrogens is 3. The predicted octanol–water partition coefficient (Wildman–Crippen LogP) is 4.61. The molecule has 11 heteroatoms. The average molecular weight is 413 g/mol. The van der Waals surface area contributed by atoms with Crippen LogP contribution < -0.4 is 9.47 Å². The summed E-state index contributed by atoms with van der Waals surface area (Å²) in [6.07, 6.45) is -4.86. The molecule has 2 aromatic carbocycles. The van der Waals surface area contributed by atoms with E-state index < -0.39 is 17.9 Å². The van der Waals surface area contributed by atoms with Gasteiger partial charge < -0.3 is 9.47 Å². The maximum Gasteiger partial charge on any atom is 0.573 e. The van der Waals surface area contributed by atoms with Crippen LogP contribution in [0.1, 0.15) is 11.3 Å². The molecule has 3 rings (SSSR count). The highest BCUT2D eigenvalue weighted by Gasteiger charge is 2.32. The van der Waals surface area contributed by atoms with Gasteiger partial charge in [-0.25, -0.2) is 9.49 Å². The second-order valence-electron chi connectivity index (χ2n) is 5.42. The summed E-state index contributed by atoms with van der Waals surface area (Å²) in [5.74, 6) is -1.05. The normalized spacial score (nSPS) is 11.1. The van der Waals surface area contributed by atoms with Crippen LogP contribution in [-0.2, 0) is 6.61 Å². The maximum atomic E-state index is 13.9. The van der Waals surface area contributed by atoms with Gasteiger partial charge in [0.2, 0.25) is 0 Å². The number of hydrogen-bond acceptors (Lipinski definition) is 5. The molecule has 0 saturated heterocycles. The first-order valence-corrected chi connectivity index (χ1v) is 7.92. The summed E-state index contributed by atoms with van der Waals surface area (Å²) in [5, 5.41) is 18.4. The van der Waals surface area contributed by atoms with Gasteiger partial charge in [0, 0.05) is 11.6 Å². The summed E-state index contributed by atoms with van der Waals surface area (Å²) in [7, 11) is 0. The Morgan fingerprint density at radius 3 is 2.64 bits per heavy atom. The van der Waals surface area contributed by atoms with Crippen molar-refractivity contribution in [2.45, 2.75) is 13.0 Å². The summed E-state index contributed by atoms with van der Waals surface area (Å²) in [6, 6.07) is 9.20. The van der Waals surface area contributed by atoms with E-state index in [-0.39, 0.29) is 34.3 Å². The van der Waals surface area contributed by atoms with Gasteiger partial charge in [0.15, 0.2) is 5.69 Å². The predicted molar refractivity (Wildman–Crippen MR) is 89.0 cm³/mol. The van der Waals surface area contributed by atoms with E-state index in [0.29, 0.717) is 5.56 Å². The lowest BCUT2D eigenvalue weighted by Gasteiger charge is -2.12. The van der Waals surface area contributed by atoms with Crippen molar-refractivity contribution in [1.29, 1.82) is 5.26 Å². The van der Waals surface area contributed by atoms with E-state index in [1.807, 2.05) is 6.07 Å². The SMILES string of the molecule is N#Cc1[nH]nnc1-c1cc(F)cc(OCc2ccc(OC(F)(F)F)c(Cl)c2)c1. The van der Waals surface area contributed by atoms with Crippen LogP contribution in [0.15, 0.2) is 36.4 Å². The zero-order valence-corrected chi connectivity index (χ0v) is 14.5. The number of halogens is 5. The fraction of sp³-hybridized carbons (Fsp3) is 0.118. The molecule has 1 aromatic heterocycles. The van der Waals surface area contributed by atoms with E-state index in [4.69, 9.17) is 21.6 Å². The lowest BCUT2D eigenvalue weighted by atomic mass is 10.1. The van der Waals surface area contributed by atoms with Gasteiger partial charge in [-0.05, 0) is 29.8 Å². The van der Waals surface area contributed by atoms with Crippen molar-refractivity contribution in [3.8, 4) is 28.8 Å². The average Bonchev–Trinajstić information content (AvgIpc) is 3.09. The second-order valence-corrected chi connectivity index (χ2v) is 5.83. The topological polar surface area (TPSA) is 83.8 Å². The van der Waals surface area contributed by atoms with Crippen molar-refractivity contribution >= 4 is 11.6 Å². The van der Waals surface area contributed by atoms with Crippen molar-refractivity contribution in [1.82, 2.24) is 15.4 Å². The van der Waals surface area contributed by atoms with Crippen molar-refractivity contribution in [2.75, 3.05) is 0 Å². The highest BCUT2D eigenvalue weighted by molar-refractivity contribution is 6.32. The molecule has 3 aromatic rings. The van der Waals surface area contributed by atoms with Crippen LogP contribution in [0.5, 0.6) is 11.5 Å². The third kappa shape index (κ3) is 4.69. The quantitative estimate of drug-likeness (QED) is 0.618. The monoisotopic (exact) mass is 412 g/mol. The van der Waals surface area contributed by atoms with E-state index in [9.17, 15) is 17.6 Å². The number of ether oxygens (including phenoxy) is 2. The van der Waals surface area contributed by atoms with Gasteiger partial charge in [0.1, 0.15) is 35.7 Å². The lowest BCUT2D eigenvalue weighted by Crippen LogP contribution is -2.17. The van der Waals surface area contributed by atoms with Gasteiger partial charge in [0.25, 0.3) is 0 Å². The van der Waals surface area contributed by atoms with Gasteiger partial charge >= 0.3 is 6.36 Å². The molecule has 0 aliphatic rings. The van der Waals surface area contributed by atoms with E-state index in [1.54, 1.807) is 0 Å². The van der Waals surface area contributed by atoms with Crippen LogP contribution in [0, 0.1) is 17.1 Å². The van der Waals surface area contributed by atoms with Crippen molar-refractivity contribution in [3.63, 3.8) is 0 Å². The summed E-state index contributed by atoms with van der Waals surface area (Å²) >= 11 is 5.78. The maximum absolute atomic E-state index is 13.9. The molecule has 0 fully saturated rings. The number of rotatable bonds is 5. The number of H-pyrrole nitrogens is 1. The van der Waals surface area contributed by atoms with Crippen LogP contribution in [0.3, 0.4) is 0 Å². The molecule has 6 nitrogen and oxygen atoms in total. The Morgan fingerprint density at radius 2 is 1.96 bits per heavy atom. The van der Waals surface area contributed by atoms with Gasteiger partial charge in [-0.1, -0.05) is 22.9 Å². The number of nitrogens with one attached hydrogen (secondary N) is 1. The number of alkyl halides is 3. The zero-order valence-electron chi connectivity index (χ0n) is 13.7. The minimum Gasteiger partial charge on any atom is -0.489 e. The molecule has 1 heterocycles. The Balaban J connectivity index is 1.76. The summed E-state index contributed by atoms with van der Waals surface area (Å²) < 4.78 is 59.9. The molecular formula is C17H9ClF4N4O2. The number of hydrogen-bond donors (Lipinski definition) is 1. The standard InChI is InChI=1S/C17H9ClF4N4O2/c18-13-3-9(1-2-15(13)28-17(20,21)22)8-27-12-5-10(4-11(19)6-12)16-14(7-23)24-26-25-16/h1-6H,8H2,(H,24,25,26). The first kappa shape index (κ1) is 19.4. The molecular weight excluding hydrogens is 404 g/mol. The Kier molecular flexibility index (Phi) is 5.37. The third-order valence-corrected chi connectivity index (χ3v) is 3.73. The van der Waals surface area contributed by atoms with Gasteiger partial charge in [-0.2, -0.15) is 5.26 Å². The number of nitriles is 1. The highest BCUT2D eigenvalue weighted by Crippen LogP contribution is 2.31. The molecule has 0 aliphatic heterocycles. The zero-order chi connectivity index (χ0) is 20.3. The van der Waals surface area contributed by atoms with E-state index >= 15 is 0 Å². The molecule has 0 aliphatic carbocycles. The Labute approximate surface area is 160 Å². The molecule has 28 heavy (non-hydrogen) atoms. The molecule has 0 atom stereocenters.